The highest BCUT2D eigenvalue weighted by Gasteiger charge is 2.19. The Hall–Kier alpha value is -1.97. The second kappa shape index (κ2) is 4.05. The monoisotopic (exact) mass is 244 g/mol. The van der Waals surface area contributed by atoms with Crippen LogP contribution in [0.15, 0.2) is 18.2 Å². The number of aryl methyl sites for hydroxylation is 2. The Labute approximate surface area is 106 Å². The lowest BCUT2D eigenvalue weighted by Gasteiger charge is -2.14. The molecule has 1 aliphatic heterocycles. The molecule has 4 nitrogen and oxygen atoms in total. The highest BCUT2D eigenvalue weighted by atomic mass is 16.5. The van der Waals surface area contributed by atoms with E-state index < -0.39 is 0 Å². The molecule has 1 aliphatic rings. The van der Waals surface area contributed by atoms with Crippen LogP contribution < -0.4 is 4.74 Å². The first-order valence-corrected chi connectivity index (χ1v) is 6.17. The van der Waals surface area contributed by atoms with Crippen molar-refractivity contribution in [1.82, 2.24) is 9.78 Å². The van der Waals surface area contributed by atoms with Gasteiger partial charge in [-0.3, -0.25) is 0 Å². The van der Waals surface area contributed by atoms with E-state index in [0.29, 0.717) is 5.75 Å². The van der Waals surface area contributed by atoms with E-state index in [2.05, 4.69) is 5.10 Å². The fourth-order valence-electron chi connectivity index (χ4n) is 2.33. The van der Waals surface area contributed by atoms with Crippen LogP contribution in [-0.2, 0) is 6.54 Å². The first kappa shape index (κ1) is 11.1. The molecule has 1 aromatic carbocycles. The Bertz CT molecular complexity index is 602. The molecule has 0 fully saturated rings. The van der Waals surface area contributed by atoms with Crippen molar-refractivity contribution in [1.29, 1.82) is 0 Å². The molecule has 0 atom stereocenters. The molecule has 0 radical (unpaired) electrons. The minimum Gasteiger partial charge on any atom is -0.508 e. The van der Waals surface area contributed by atoms with Gasteiger partial charge in [0.15, 0.2) is 0 Å². The molecule has 0 amide bonds. The number of aromatic hydroxyl groups is 1. The fourth-order valence-corrected chi connectivity index (χ4v) is 2.33. The summed E-state index contributed by atoms with van der Waals surface area (Å²) in [5.41, 5.74) is 3.89. The Morgan fingerprint density at radius 2 is 2.17 bits per heavy atom. The van der Waals surface area contributed by atoms with Gasteiger partial charge in [-0.1, -0.05) is 0 Å². The largest absolute Gasteiger partial charge is 0.508 e. The zero-order valence-corrected chi connectivity index (χ0v) is 10.6. The van der Waals surface area contributed by atoms with Gasteiger partial charge in [-0.15, -0.1) is 0 Å². The lowest BCUT2D eigenvalue weighted by Crippen LogP contribution is -2.14. The molecule has 2 heterocycles. The third kappa shape index (κ3) is 1.65. The summed E-state index contributed by atoms with van der Waals surface area (Å²) in [6, 6.07) is 5.56. The highest BCUT2D eigenvalue weighted by Crippen LogP contribution is 2.33. The van der Waals surface area contributed by atoms with Crippen LogP contribution in [-0.4, -0.2) is 21.5 Å². The molecule has 0 saturated carbocycles. The molecule has 0 unspecified atom stereocenters. The molecule has 2 aromatic rings. The summed E-state index contributed by atoms with van der Waals surface area (Å²) >= 11 is 0. The van der Waals surface area contributed by atoms with E-state index in [4.69, 9.17) is 4.74 Å². The zero-order valence-electron chi connectivity index (χ0n) is 10.6. The van der Waals surface area contributed by atoms with Gasteiger partial charge in [0.05, 0.1) is 12.3 Å². The lowest BCUT2D eigenvalue weighted by atomic mass is 10.1. The predicted molar refractivity (Wildman–Crippen MR) is 68.9 cm³/mol. The molecule has 4 heteroatoms. The minimum atomic E-state index is 0.316. The van der Waals surface area contributed by atoms with E-state index in [1.54, 1.807) is 6.07 Å². The maximum Gasteiger partial charge on any atom is 0.215 e. The molecule has 94 valence electrons. The summed E-state index contributed by atoms with van der Waals surface area (Å²) in [6.45, 7) is 5.59. The van der Waals surface area contributed by atoms with Crippen LogP contribution in [0.5, 0.6) is 11.6 Å². The number of aromatic nitrogens is 2. The number of rotatable bonds is 1. The molecule has 3 rings (SSSR count). The second-order valence-electron chi connectivity index (χ2n) is 4.71. The van der Waals surface area contributed by atoms with E-state index in [9.17, 15) is 5.11 Å². The van der Waals surface area contributed by atoms with Crippen molar-refractivity contribution in [3.63, 3.8) is 0 Å². The predicted octanol–water partition coefficient (Wildman–Crippen LogP) is 2.66. The van der Waals surface area contributed by atoms with Gasteiger partial charge in [0.2, 0.25) is 5.88 Å². The Morgan fingerprint density at radius 1 is 1.33 bits per heavy atom. The van der Waals surface area contributed by atoms with Gasteiger partial charge in [0.1, 0.15) is 5.75 Å². The average Bonchev–Trinajstić information content (AvgIpc) is 2.71. The van der Waals surface area contributed by atoms with Crippen LogP contribution >= 0.6 is 0 Å². The van der Waals surface area contributed by atoms with Gasteiger partial charge in [-0.2, -0.15) is 5.10 Å². The van der Waals surface area contributed by atoms with Crippen LogP contribution in [0.4, 0.5) is 0 Å². The molecule has 1 N–H and O–H groups in total. The lowest BCUT2D eigenvalue weighted by molar-refractivity contribution is 0.229. The summed E-state index contributed by atoms with van der Waals surface area (Å²) in [5.74, 6) is 1.19. The van der Waals surface area contributed by atoms with E-state index in [0.717, 1.165) is 47.8 Å². The number of benzene rings is 1. The quantitative estimate of drug-likeness (QED) is 0.839. The first-order valence-electron chi connectivity index (χ1n) is 6.17. The van der Waals surface area contributed by atoms with Gasteiger partial charge >= 0.3 is 0 Å². The minimum absolute atomic E-state index is 0.316. The number of hydrogen-bond donors (Lipinski definition) is 1. The van der Waals surface area contributed by atoms with Gasteiger partial charge in [-0.25, -0.2) is 4.68 Å². The van der Waals surface area contributed by atoms with Crippen molar-refractivity contribution in [2.24, 2.45) is 0 Å². The normalized spacial score (nSPS) is 14.1. The summed E-state index contributed by atoms with van der Waals surface area (Å²) in [6.07, 6.45) is 1.00. The topological polar surface area (TPSA) is 47.3 Å². The molecule has 1 aromatic heterocycles. The third-order valence-electron chi connectivity index (χ3n) is 3.35. The Morgan fingerprint density at radius 3 is 2.89 bits per heavy atom. The maximum atomic E-state index is 9.57. The van der Waals surface area contributed by atoms with E-state index in [1.165, 1.54) is 0 Å². The van der Waals surface area contributed by atoms with Gasteiger partial charge in [0, 0.05) is 24.1 Å². The maximum absolute atomic E-state index is 9.57. The summed E-state index contributed by atoms with van der Waals surface area (Å²) in [7, 11) is 0. The third-order valence-corrected chi connectivity index (χ3v) is 3.35. The Kier molecular flexibility index (Phi) is 2.51. The molecule has 0 saturated heterocycles. The van der Waals surface area contributed by atoms with Crippen LogP contribution in [0, 0.1) is 13.8 Å². The van der Waals surface area contributed by atoms with Crippen molar-refractivity contribution in [2.75, 3.05) is 6.61 Å². The smallest absolute Gasteiger partial charge is 0.215 e. The van der Waals surface area contributed by atoms with Crippen LogP contribution in [0.3, 0.4) is 0 Å². The van der Waals surface area contributed by atoms with Crippen molar-refractivity contribution < 1.29 is 9.84 Å². The van der Waals surface area contributed by atoms with Crippen molar-refractivity contribution in [3.8, 4) is 22.9 Å². The molecule has 0 spiro atoms. The van der Waals surface area contributed by atoms with Crippen LogP contribution in [0.25, 0.3) is 11.3 Å². The van der Waals surface area contributed by atoms with Gasteiger partial charge in [-0.05, 0) is 37.6 Å². The molecule has 0 bridgehead atoms. The van der Waals surface area contributed by atoms with Crippen LogP contribution in [0.1, 0.15) is 17.5 Å². The molecule has 0 aliphatic carbocycles. The number of phenolic OH excluding ortho intramolecular Hbond substituents is 1. The molecule has 18 heavy (non-hydrogen) atoms. The van der Waals surface area contributed by atoms with Gasteiger partial charge < -0.3 is 9.84 Å². The van der Waals surface area contributed by atoms with Crippen LogP contribution in [0.2, 0.25) is 0 Å². The van der Waals surface area contributed by atoms with Crippen molar-refractivity contribution in [2.45, 2.75) is 26.8 Å². The number of phenols is 1. The number of hydrogen-bond acceptors (Lipinski definition) is 3. The van der Waals surface area contributed by atoms with E-state index in [1.807, 2.05) is 30.7 Å². The van der Waals surface area contributed by atoms with Crippen molar-refractivity contribution >= 4 is 0 Å². The molecular formula is C14H16N2O2. The summed E-state index contributed by atoms with van der Waals surface area (Å²) in [4.78, 5) is 0. The SMILES string of the molecule is Cc1cc(-c2nn3c(c2C)OCCC3)ccc1O. The second-order valence-corrected chi connectivity index (χ2v) is 4.71. The zero-order chi connectivity index (χ0) is 12.7. The van der Waals surface area contributed by atoms with E-state index in [-0.39, 0.29) is 0 Å². The average molecular weight is 244 g/mol. The first-order chi connectivity index (χ1) is 8.66. The Balaban J connectivity index is 2.11. The summed E-state index contributed by atoms with van der Waals surface area (Å²) < 4.78 is 7.59. The van der Waals surface area contributed by atoms with Crippen molar-refractivity contribution in [3.05, 3.63) is 29.3 Å². The number of fused-ring (bicyclic) bond motifs is 1. The number of ether oxygens (including phenoxy) is 1. The highest BCUT2D eigenvalue weighted by molar-refractivity contribution is 5.67. The number of nitrogens with zero attached hydrogens (tertiary/aromatic N) is 2. The fraction of sp³-hybridized carbons (Fsp3) is 0.357. The summed E-state index contributed by atoms with van der Waals surface area (Å²) in [5, 5.41) is 14.2. The van der Waals surface area contributed by atoms with E-state index >= 15 is 0 Å². The standard InChI is InChI=1S/C14H16N2O2/c1-9-8-11(4-5-12(9)17)13-10(2)14-16(15-13)6-3-7-18-14/h4-5,8,17H,3,6-7H2,1-2H3. The van der Waals surface area contributed by atoms with Gasteiger partial charge in [0.25, 0.3) is 0 Å². The molecular weight excluding hydrogens is 228 g/mol.